The molecule has 1 saturated heterocycles. The Labute approximate surface area is 192 Å². The summed E-state index contributed by atoms with van der Waals surface area (Å²) in [5, 5.41) is 17.3. The SMILES string of the molecule is CCCCCCNC(=O)[C@H](CC(=O)O)N1CN(C(=O)NCc2ccc(F)cc2)N(C)CC1=O. The van der Waals surface area contributed by atoms with Crippen molar-refractivity contribution in [3.8, 4) is 0 Å². The highest BCUT2D eigenvalue weighted by atomic mass is 19.1. The van der Waals surface area contributed by atoms with Crippen LogP contribution >= 0.6 is 0 Å². The van der Waals surface area contributed by atoms with Crippen LogP contribution in [0.3, 0.4) is 0 Å². The summed E-state index contributed by atoms with van der Waals surface area (Å²) in [7, 11) is 1.55. The molecule has 10 nitrogen and oxygen atoms in total. The molecule has 1 aromatic carbocycles. The molecule has 1 fully saturated rings. The Hall–Kier alpha value is -3.21. The molecular formula is C22H32FN5O5. The Morgan fingerprint density at radius 1 is 1.12 bits per heavy atom. The number of amides is 4. The van der Waals surface area contributed by atoms with Crippen molar-refractivity contribution in [2.75, 3.05) is 26.8 Å². The van der Waals surface area contributed by atoms with Crippen LogP contribution in [0.15, 0.2) is 24.3 Å². The Morgan fingerprint density at radius 3 is 2.45 bits per heavy atom. The van der Waals surface area contributed by atoms with Gasteiger partial charge in [0.05, 0.1) is 13.0 Å². The molecule has 3 N–H and O–H groups in total. The van der Waals surface area contributed by atoms with E-state index in [-0.39, 0.29) is 25.6 Å². The molecule has 1 aliphatic heterocycles. The van der Waals surface area contributed by atoms with Crippen LogP contribution < -0.4 is 10.6 Å². The predicted octanol–water partition coefficient (Wildman–Crippen LogP) is 1.52. The zero-order chi connectivity index (χ0) is 24.4. The molecule has 1 heterocycles. The molecule has 33 heavy (non-hydrogen) atoms. The number of likely N-dealkylation sites (N-methyl/N-ethyl adjacent to an activating group) is 1. The minimum Gasteiger partial charge on any atom is -0.481 e. The average molecular weight is 466 g/mol. The maximum Gasteiger partial charge on any atom is 0.333 e. The number of hydrogen-bond donors (Lipinski definition) is 3. The second kappa shape index (κ2) is 12.7. The van der Waals surface area contributed by atoms with Crippen LogP contribution in [-0.2, 0) is 20.9 Å². The van der Waals surface area contributed by atoms with Crippen molar-refractivity contribution < 1.29 is 28.7 Å². The van der Waals surface area contributed by atoms with E-state index in [0.29, 0.717) is 12.1 Å². The van der Waals surface area contributed by atoms with Gasteiger partial charge >= 0.3 is 12.0 Å². The van der Waals surface area contributed by atoms with Gasteiger partial charge in [0, 0.05) is 20.1 Å². The first-order chi connectivity index (χ1) is 15.7. The largest absolute Gasteiger partial charge is 0.481 e. The summed E-state index contributed by atoms with van der Waals surface area (Å²) in [6.45, 7) is 2.13. The number of nitrogens with zero attached hydrogens (tertiary/aromatic N) is 3. The van der Waals surface area contributed by atoms with Crippen molar-refractivity contribution in [2.24, 2.45) is 0 Å². The van der Waals surface area contributed by atoms with E-state index in [1.54, 1.807) is 19.2 Å². The van der Waals surface area contributed by atoms with Crippen molar-refractivity contribution in [3.05, 3.63) is 35.6 Å². The molecule has 4 amide bonds. The van der Waals surface area contributed by atoms with Gasteiger partial charge in [-0.1, -0.05) is 38.3 Å². The summed E-state index contributed by atoms with van der Waals surface area (Å²) in [5.74, 6) is -2.62. The second-order valence-electron chi connectivity index (χ2n) is 7.97. The lowest BCUT2D eigenvalue weighted by Gasteiger charge is -2.43. The second-order valence-corrected chi connectivity index (χ2v) is 7.97. The number of hydrazine groups is 1. The van der Waals surface area contributed by atoms with Crippen LogP contribution in [0.2, 0.25) is 0 Å². The zero-order valence-corrected chi connectivity index (χ0v) is 19.1. The molecule has 1 aromatic rings. The number of rotatable bonds is 11. The van der Waals surface area contributed by atoms with Gasteiger partial charge in [-0.05, 0) is 24.1 Å². The quantitative estimate of drug-likeness (QED) is 0.426. The lowest BCUT2D eigenvalue weighted by molar-refractivity contribution is -0.160. The molecule has 0 saturated carbocycles. The Kier molecular flexibility index (Phi) is 10.0. The molecule has 0 unspecified atom stereocenters. The average Bonchev–Trinajstić information content (AvgIpc) is 2.77. The smallest absolute Gasteiger partial charge is 0.333 e. The summed E-state index contributed by atoms with van der Waals surface area (Å²) in [4.78, 5) is 50.6. The van der Waals surface area contributed by atoms with Crippen molar-refractivity contribution >= 4 is 23.8 Å². The van der Waals surface area contributed by atoms with E-state index in [2.05, 4.69) is 17.6 Å². The predicted molar refractivity (Wildman–Crippen MR) is 118 cm³/mol. The number of carboxylic acid groups (broad SMARTS) is 1. The topological polar surface area (TPSA) is 122 Å². The van der Waals surface area contributed by atoms with Gasteiger partial charge in [-0.25, -0.2) is 19.2 Å². The van der Waals surface area contributed by atoms with Gasteiger partial charge in [-0.3, -0.25) is 14.4 Å². The first-order valence-corrected chi connectivity index (χ1v) is 11.0. The number of carbonyl (C=O) groups is 4. The van der Waals surface area contributed by atoms with Crippen LogP contribution in [-0.4, -0.2) is 76.7 Å². The third-order valence-corrected chi connectivity index (χ3v) is 5.35. The molecule has 182 valence electrons. The fourth-order valence-corrected chi connectivity index (χ4v) is 3.46. The summed E-state index contributed by atoms with van der Waals surface area (Å²) in [6, 6.07) is 3.88. The Bertz CT molecular complexity index is 835. The zero-order valence-electron chi connectivity index (χ0n) is 19.1. The highest BCUT2D eigenvalue weighted by Crippen LogP contribution is 2.15. The number of urea groups is 1. The summed E-state index contributed by atoms with van der Waals surface area (Å²) in [6.07, 6.45) is 3.21. The molecule has 0 spiro atoms. The monoisotopic (exact) mass is 465 g/mol. The van der Waals surface area contributed by atoms with E-state index in [1.807, 2.05) is 0 Å². The van der Waals surface area contributed by atoms with Crippen molar-refractivity contribution in [2.45, 2.75) is 51.6 Å². The molecular weight excluding hydrogens is 433 g/mol. The van der Waals surface area contributed by atoms with Crippen LogP contribution in [0, 0.1) is 5.82 Å². The van der Waals surface area contributed by atoms with Gasteiger partial charge in [-0.15, -0.1) is 0 Å². The minimum absolute atomic E-state index is 0.133. The first kappa shape index (κ1) is 26.0. The number of unbranched alkanes of at least 4 members (excludes halogenated alkanes) is 3. The highest BCUT2D eigenvalue weighted by molar-refractivity contribution is 5.92. The summed E-state index contributed by atoms with van der Waals surface area (Å²) >= 11 is 0. The van der Waals surface area contributed by atoms with E-state index >= 15 is 0 Å². The lowest BCUT2D eigenvalue weighted by Crippen LogP contribution is -2.65. The fraction of sp³-hybridized carbons (Fsp3) is 0.545. The normalized spacial score (nSPS) is 15.3. The number of aliphatic carboxylic acids is 1. The van der Waals surface area contributed by atoms with Crippen molar-refractivity contribution in [3.63, 3.8) is 0 Å². The van der Waals surface area contributed by atoms with E-state index in [9.17, 15) is 28.7 Å². The van der Waals surface area contributed by atoms with E-state index in [0.717, 1.165) is 30.6 Å². The number of nitrogens with one attached hydrogen (secondary N) is 2. The van der Waals surface area contributed by atoms with E-state index in [4.69, 9.17) is 0 Å². The van der Waals surface area contributed by atoms with E-state index in [1.165, 1.54) is 22.2 Å². The molecule has 11 heteroatoms. The van der Waals surface area contributed by atoms with Crippen LogP contribution in [0.1, 0.15) is 44.6 Å². The lowest BCUT2D eigenvalue weighted by atomic mass is 10.1. The number of carboxylic acids is 1. The summed E-state index contributed by atoms with van der Waals surface area (Å²) in [5.41, 5.74) is 0.684. The molecule has 2 rings (SSSR count). The van der Waals surface area contributed by atoms with Gasteiger partial charge < -0.3 is 20.6 Å². The molecule has 0 aromatic heterocycles. The van der Waals surface area contributed by atoms with Gasteiger partial charge in [0.1, 0.15) is 18.5 Å². The number of hydrogen-bond acceptors (Lipinski definition) is 5. The molecule has 1 atom stereocenters. The van der Waals surface area contributed by atoms with Crippen molar-refractivity contribution in [1.29, 1.82) is 0 Å². The van der Waals surface area contributed by atoms with Crippen LogP contribution in [0.25, 0.3) is 0 Å². The highest BCUT2D eigenvalue weighted by Gasteiger charge is 2.39. The minimum atomic E-state index is -1.23. The number of benzene rings is 1. The molecule has 1 aliphatic rings. The number of halogens is 1. The van der Waals surface area contributed by atoms with Gasteiger partial charge in [0.15, 0.2) is 0 Å². The fourth-order valence-electron chi connectivity index (χ4n) is 3.46. The van der Waals surface area contributed by atoms with Gasteiger partial charge in [0.2, 0.25) is 11.8 Å². The maximum absolute atomic E-state index is 13.1. The third-order valence-electron chi connectivity index (χ3n) is 5.35. The number of carbonyl (C=O) groups excluding carboxylic acids is 3. The Morgan fingerprint density at radius 2 is 1.82 bits per heavy atom. The van der Waals surface area contributed by atoms with E-state index < -0.39 is 36.3 Å². The summed E-state index contributed by atoms with van der Waals surface area (Å²) < 4.78 is 13.1. The van der Waals surface area contributed by atoms with Gasteiger partial charge in [0.25, 0.3) is 0 Å². The van der Waals surface area contributed by atoms with Crippen LogP contribution in [0.4, 0.5) is 9.18 Å². The molecule has 0 radical (unpaired) electrons. The maximum atomic E-state index is 13.1. The Balaban J connectivity index is 2.04. The van der Waals surface area contributed by atoms with Gasteiger partial charge in [-0.2, -0.15) is 0 Å². The molecule has 0 aliphatic carbocycles. The van der Waals surface area contributed by atoms with Crippen LogP contribution in [0.5, 0.6) is 0 Å². The molecule has 0 bridgehead atoms. The first-order valence-electron chi connectivity index (χ1n) is 11.0. The third kappa shape index (κ3) is 8.01. The van der Waals surface area contributed by atoms with Crippen molar-refractivity contribution in [1.82, 2.24) is 25.6 Å². The standard InChI is InChI=1S/C22H32FN5O5/c1-3-4-5-6-11-24-21(32)18(12-20(30)31)27-15-28(26(2)14-19(27)29)22(33)25-13-16-7-9-17(23)10-8-16/h7-10,18H,3-6,11-15H2,1-2H3,(H,24,32)(H,25,33)(H,30,31)/t18-/m0/s1.